The van der Waals surface area contributed by atoms with E-state index < -0.39 is 11.6 Å². The molecule has 1 aliphatic rings. The Labute approximate surface area is 198 Å². The van der Waals surface area contributed by atoms with Crippen molar-refractivity contribution in [1.29, 1.82) is 0 Å². The molecule has 0 aliphatic carbocycles. The van der Waals surface area contributed by atoms with E-state index in [0.29, 0.717) is 37.4 Å². The molecular weight excluding hydrogens is 440 g/mol. The summed E-state index contributed by atoms with van der Waals surface area (Å²) < 4.78 is 41.4. The molecule has 34 heavy (non-hydrogen) atoms. The van der Waals surface area contributed by atoms with Crippen molar-refractivity contribution in [3.63, 3.8) is 0 Å². The summed E-state index contributed by atoms with van der Waals surface area (Å²) in [5.74, 6) is -1.33. The van der Waals surface area contributed by atoms with Gasteiger partial charge in [0, 0.05) is 25.6 Å². The first kappa shape index (κ1) is 23.9. The summed E-state index contributed by atoms with van der Waals surface area (Å²) in [6.45, 7) is 5.21. The van der Waals surface area contributed by atoms with Gasteiger partial charge in [0.2, 0.25) is 11.8 Å². The van der Waals surface area contributed by atoms with E-state index in [-0.39, 0.29) is 24.3 Å². The fourth-order valence-corrected chi connectivity index (χ4v) is 4.14. The summed E-state index contributed by atoms with van der Waals surface area (Å²) in [7, 11) is 0. The Bertz CT molecular complexity index is 1130. The molecule has 180 valence electrons. The van der Waals surface area contributed by atoms with E-state index in [9.17, 15) is 13.6 Å². The second-order valence-electron chi connectivity index (χ2n) is 8.27. The van der Waals surface area contributed by atoms with Gasteiger partial charge in [-0.15, -0.1) is 0 Å². The predicted octanol–water partition coefficient (Wildman–Crippen LogP) is 5.42. The molecule has 0 bridgehead atoms. The molecule has 1 fully saturated rings. The van der Waals surface area contributed by atoms with Crippen LogP contribution in [0.15, 0.2) is 48.5 Å². The van der Waals surface area contributed by atoms with Gasteiger partial charge in [-0.05, 0) is 43.5 Å². The SMILES string of the molecule is CCC(=O)N(Cc1c(CC)nn(-c2ccccc2)c1Oc1ccc(F)cc1F)C[C@@H]1CCCO1. The largest absolute Gasteiger partial charge is 0.435 e. The molecule has 2 aromatic carbocycles. The molecule has 1 aromatic heterocycles. The number of hydrogen-bond donors (Lipinski definition) is 0. The van der Waals surface area contributed by atoms with E-state index in [2.05, 4.69) is 0 Å². The third-order valence-corrected chi connectivity index (χ3v) is 5.91. The first-order chi connectivity index (χ1) is 16.5. The quantitative estimate of drug-likeness (QED) is 0.420. The number of rotatable bonds is 9. The average Bonchev–Trinajstić information content (AvgIpc) is 3.48. The fourth-order valence-electron chi connectivity index (χ4n) is 4.14. The summed E-state index contributed by atoms with van der Waals surface area (Å²) in [5, 5.41) is 4.74. The number of ether oxygens (including phenoxy) is 2. The lowest BCUT2D eigenvalue weighted by Gasteiger charge is -2.25. The van der Waals surface area contributed by atoms with Gasteiger partial charge in [-0.2, -0.15) is 5.10 Å². The molecule has 1 atom stereocenters. The van der Waals surface area contributed by atoms with Gasteiger partial charge < -0.3 is 14.4 Å². The normalized spacial score (nSPS) is 15.5. The van der Waals surface area contributed by atoms with Gasteiger partial charge in [-0.1, -0.05) is 32.0 Å². The number of aryl methyl sites for hydroxylation is 1. The van der Waals surface area contributed by atoms with Crippen LogP contribution in [0.5, 0.6) is 11.6 Å². The maximum absolute atomic E-state index is 14.5. The lowest BCUT2D eigenvalue weighted by molar-refractivity contribution is -0.133. The number of benzene rings is 2. The Morgan fingerprint density at radius 3 is 2.65 bits per heavy atom. The standard InChI is InChI=1S/C26H29F2N3O3/c1-3-23-21(17-30(25(32)4-2)16-20-11-8-14-33-20)26(31(29-23)19-9-6-5-7-10-19)34-24-13-12-18(27)15-22(24)28/h5-7,9-10,12-13,15,20H,3-4,8,11,14,16-17H2,1-2H3/t20-/m0/s1. The van der Waals surface area contributed by atoms with Crippen molar-refractivity contribution in [3.05, 3.63) is 71.4 Å². The second kappa shape index (κ2) is 10.8. The van der Waals surface area contributed by atoms with Crippen molar-refractivity contribution in [2.75, 3.05) is 13.2 Å². The molecule has 0 saturated carbocycles. The average molecular weight is 470 g/mol. The molecule has 8 heteroatoms. The number of amides is 1. The molecule has 0 spiro atoms. The van der Waals surface area contributed by atoms with Crippen LogP contribution >= 0.6 is 0 Å². The summed E-state index contributed by atoms with van der Waals surface area (Å²) in [4.78, 5) is 14.6. The van der Waals surface area contributed by atoms with Crippen LogP contribution in [0, 0.1) is 11.6 Å². The van der Waals surface area contributed by atoms with Crippen LogP contribution in [0.1, 0.15) is 44.4 Å². The number of hydrogen-bond acceptors (Lipinski definition) is 4. The molecule has 0 N–H and O–H groups in total. The number of carbonyl (C=O) groups is 1. The molecule has 1 saturated heterocycles. The van der Waals surface area contributed by atoms with Gasteiger partial charge >= 0.3 is 0 Å². The number of para-hydroxylation sites is 1. The van der Waals surface area contributed by atoms with Gasteiger partial charge in [0.05, 0.1) is 29.6 Å². The lowest BCUT2D eigenvalue weighted by Crippen LogP contribution is -2.36. The summed E-state index contributed by atoms with van der Waals surface area (Å²) in [6, 6.07) is 12.5. The van der Waals surface area contributed by atoms with E-state index >= 15 is 0 Å². The Morgan fingerprint density at radius 2 is 2.00 bits per heavy atom. The maximum atomic E-state index is 14.5. The van der Waals surface area contributed by atoms with E-state index in [0.717, 1.165) is 36.4 Å². The minimum atomic E-state index is -0.814. The minimum Gasteiger partial charge on any atom is -0.435 e. The van der Waals surface area contributed by atoms with Gasteiger partial charge in [-0.3, -0.25) is 4.79 Å². The van der Waals surface area contributed by atoms with E-state index in [1.54, 1.807) is 9.58 Å². The highest BCUT2D eigenvalue weighted by Crippen LogP contribution is 2.34. The molecular formula is C26H29F2N3O3. The zero-order chi connectivity index (χ0) is 24.1. The summed E-state index contributed by atoms with van der Waals surface area (Å²) in [6.07, 6.45) is 2.81. The maximum Gasteiger partial charge on any atom is 0.228 e. The Morgan fingerprint density at radius 1 is 1.21 bits per heavy atom. The molecule has 0 radical (unpaired) electrons. The van der Waals surface area contributed by atoms with Crippen LogP contribution in [0.25, 0.3) is 5.69 Å². The van der Waals surface area contributed by atoms with Gasteiger partial charge in [0.15, 0.2) is 11.6 Å². The number of nitrogens with zero attached hydrogens (tertiary/aromatic N) is 3. The lowest BCUT2D eigenvalue weighted by atomic mass is 10.1. The molecule has 2 heterocycles. The van der Waals surface area contributed by atoms with E-state index in [4.69, 9.17) is 14.6 Å². The van der Waals surface area contributed by atoms with Crippen LogP contribution in [-0.4, -0.2) is 39.8 Å². The molecule has 0 unspecified atom stereocenters. The van der Waals surface area contributed by atoms with Crippen LogP contribution in [0.4, 0.5) is 8.78 Å². The third-order valence-electron chi connectivity index (χ3n) is 5.91. The van der Waals surface area contributed by atoms with Gasteiger partial charge in [-0.25, -0.2) is 13.5 Å². The van der Waals surface area contributed by atoms with Crippen molar-refractivity contribution in [2.24, 2.45) is 0 Å². The zero-order valence-corrected chi connectivity index (χ0v) is 19.5. The van der Waals surface area contributed by atoms with Crippen molar-refractivity contribution in [3.8, 4) is 17.3 Å². The van der Waals surface area contributed by atoms with E-state index in [1.807, 2.05) is 44.2 Å². The van der Waals surface area contributed by atoms with Crippen LogP contribution in [0.2, 0.25) is 0 Å². The number of carbonyl (C=O) groups excluding carboxylic acids is 1. The van der Waals surface area contributed by atoms with Crippen LogP contribution in [0.3, 0.4) is 0 Å². The topological polar surface area (TPSA) is 56.6 Å². The number of halogens is 2. The Balaban J connectivity index is 1.77. The first-order valence-corrected chi connectivity index (χ1v) is 11.7. The third kappa shape index (κ3) is 5.28. The highest BCUT2D eigenvalue weighted by Gasteiger charge is 2.27. The van der Waals surface area contributed by atoms with Crippen LogP contribution < -0.4 is 4.74 Å². The van der Waals surface area contributed by atoms with Crippen molar-refractivity contribution >= 4 is 5.91 Å². The molecule has 3 aromatic rings. The predicted molar refractivity (Wildman–Crippen MR) is 124 cm³/mol. The number of aromatic nitrogens is 2. The molecule has 6 nitrogen and oxygen atoms in total. The Hall–Kier alpha value is -3.26. The molecule has 1 aliphatic heterocycles. The van der Waals surface area contributed by atoms with Crippen molar-refractivity contribution in [1.82, 2.24) is 14.7 Å². The summed E-state index contributed by atoms with van der Waals surface area (Å²) >= 11 is 0. The smallest absolute Gasteiger partial charge is 0.228 e. The highest BCUT2D eigenvalue weighted by atomic mass is 19.1. The zero-order valence-electron chi connectivity index (χ0n) is 19.5. The van der Waals surface area contributed by atoms with Crippen molar-refractivity contribution in [2.45, 2.75) is 52.2 Å². The summed E-state index contributed by atoms with van der Waals surface area (Å²) in [5.41, 5.74) is 2.16. The minimum absolute atomic E-state index is 0.0103. The first-order valence-electron chi connectivity index (χ1n) is 11.7. The molecule has 1 amide bonds. The van der Waals surface area contributed by atoms with Gasteiger partial charge in [0.1, 0.15) is 5.82 Å². The fraction of sp³-hybridized carbons (Fsp3) is 0.385. The van der Waals surface area contributed by atoms with Crippen LogP contribution in [-0.2, 0) is 22.5 Å². The van der Waals surface area contributed by atoms with Gasteiger partial charge in [0.25, 0.3) is 0 Å². The van der Waals surface area contributed by atoms with Crippen molar-refractivity contribution < 1.29 is 23.0 Å². The highest BCUT2D eigenvalue weighted by molar-refractivity contribution is 5.76. The monoisotopic (exact) mass is 469 g/mol. The molecule has 4 rings (SSSR count). The second-order valence-corrected chi connectivity index (χ2v) is 8.27. The Kier molecular flexibility index (Phi) is 7.57. The van der Waals surface area contributed by atoms with E-state index in [1.165, 1.54) is 6.07 Å².